The van der Waals surface area contributed by atoms with E-state index in [0.717, 1.165) is 41.0 Å². The van der Waals surface area contributed by atoms with E-state index in [1.807, 2.05) is 12.1 Å². The quantitative estimate of drug-likeness (QED) is 0.584. The largest absolute Gasteiger partial charge is 0.447 e. The molecule has 0 aliphatic carbocycles. The van der Waals surface area contributed by atoms with Crippen LogP contribution in [0.1, 0.15) is 28.3 Å². The topological polar surface area (TPSA) is 75.0 Å². The molecule has 3 aromatic rings. The zero-order valence-electron chi connectivity index (χ0n) is 16.8. The third-order valence-electron chi connectivity index (χ3n) is 3.98. The van der Waals surface area contributed by atoms with Gasteiger partial charge in [0.15, 0.2) is 0 Å². The van der Waals surface area contributed by atoms with Crippen molar-refractivity contribution in [2.24, 2.45) is 0 Å². The molecule has 1 aliphatic heterocycles. The fraction of sp³-hybridized carbons (Fsp3) is 0.0800. The van der Waals surface area contributed by atoms with Gasteiger partial charge in [0.25, 0.3) is 0 Å². The summed E-state index contributed by atoms with van der Waals surface area (Å²) in [6, 6.07) is 15.2. The van der Waals surface area contributed by atoms with Crippen LogP contribution in [0.15, 0.2) is 67.0 Å². The number of nitrogens with one attached hydrogen (secondary N) is 1. The van der Waals surface area contributed by atoms with Gasteiger partial charge in [0.2, 0.25) is 0 Å². The summed E-state index contributed by atoms with van der Waals surface area (Å²) in [5, 5.41) is 11.6. The Morgan fingerprint density at radius 3 is 2.19 bits per heavy atom. The number of nitriles is 1. The average molecular weight is 429 g/mol. The molecule has 0 unspecified atom stereocenters. The lowest BCUT2D eigenvalue weighted by atomic mass is 10.1. The molecule has 1 atom stereocenters. The number of terminal acetylenes is 1. The van der Waals surface area contributed by atoms with E-state index in [0.29, 0.717) is 12.2 Å². The summed E-state index contributed by atoms with van der Waals surface area (Å²) < 4.78 is 28.7. The molecule has 0 radical (unpaired) electrons. The number of carbonyl (C=O) groups is 1. The lowest BCUT2D eigenvalue weighted by Gasteiger charge is -2.06. The molecule has 2 heterocycles. The van der Waals surface area contributed by atoms with E-state index in [2.05, 4.69) is 41.1 Å². The summed E-state index contributed by atoms with van der Waals surface area (Å²) in [6.07, 6.45) is 10.9. The van der Waals surface area contributed by atoms with Crippen LogP contribution in [0.4, 0.5) is 13.6 Å². The van der Waals surface area contributed by atoms with Crippen molar-refractivity contribution in [2.75, 3.05) is 6.61 Å². The van der Waals surface area contributed by atoms with Gasteiger partial charge in [0, 0.05) is 23.5 Å². The van der Waals surface area contributed by atoms with E-state index >= 15 is 0 Å². The van der Waals surface area contributed by atoms with Crippen LogP contribution in [0.2, 0.25) is 0 Å². The van der Waals surface area contributed by atoms with Crippen LogP contribution in [-0.2, 0) is 4.74 Å². The molecule has 0 saturated carbocycles. The van der Waals surface area contributed by atoms with Crippen LogP contribution in [0.5, 0.6) is 0 Å². The van der Waals surface area contributed by atoms with Gasteiger partial charge in [-0.25, -0.2) is 13.6 Å². The van der Waals surface area contributed by atoms with Crippen molar-refractivity contribution in [3.63, 3.8) is 0 Å². The minimum absolute atomic E-state index is 0.191. The second kappa shape index (κ2) is 12.1. The highest BCUT2D eigenvalue weighted by atomic mass is 19.1. The third-order valence-corrected chi connectivity index (χ3v) is 3.98. The molecule has 2 aromatic carbocycles. The third kappa shape index (κ3) is 7.30. The maximum Gasteiger partial charge on any atom is 0.407 e. The molecule has 158 valence electrons. The molecule has 0 spiro atoms. The number of aromatic nitrogens is 1. The fourth-order valence-electron chi connectivity index (χ4n) is 2.52. The SMILES string of the molecule is C#C.Fc1ccc(F)cc1.N#Cc1cccc(C#Cc2cncc([C@@H]3COC(=O)N3)c2)c1. The summed E-state index contributed by atoms with van der Waals surface area (Å²) >= 11 is 0. The van der Waals surface area contributed by atoms with Gasteiger partial charge in [-0.05, 0) is 54.1 Å². The van der Waals surface area contributed by atoms with Crippen LogP contribution in [0.25, 0.3) is 0 Å². The van der Waals surface area contributed by atoms with Gasteiger partial charge in [0.05, 0.1) is 17.7 Å². The van der Waals surface area contributed by atoms with Gasteiger partial charge in [0.1, 0.15) is 18.2 Å². The predicted molar refractivity (Wildman–Crippen MR) is 115 cm³/mol. The van der Waals surface area contributed by atoms with Gasteiger partial charge >= 0.3 is 6.09 Å². The Morgan fingerprint density at radius 1 is 0.969 bits per heavy atom. The first-order chi connectivity index (χ1) is 15.5. The predicted octanol–water partition coefficient (Wildman–Crippen LogP) is 4.35. The molecule has 4 rings (SSSR count). The van der Waals surface area contributed by atoms with Gasteiger partial charge < -0.3 is 10.1 Å². The van der Waals surface area contributed by atoms with Crippen molar-refractivity contribution >= 4 is 6.09 Å². The summed E-state index contributed by atoms with van der Waals surface area (Å²) in [7, 11) is 0. The van der Waals surface area contributed by atoms with Crippen LogP contribution in [0, 0.1) is 47.7 Å². The molecule has 1 fully saturated rings. The lowest BCUT2D eigenvalue weighted by Crippen LogP contribution is -2.18. The number of cyclic esters (lactones) is 1. The fourth-order valence-corrected chi connectivity index (χ4v) is 2.52. The normalized spacial score (nSPS) is 13.3. The molecule has 7 heteroatoms. The first kappa shape index (κ1) is 23.6. The Hall–Kier alpha value is -4.67. The first-order valence-corrected chi connectivity index (χ1v) is 9.18. The number of rotatable bonds is 1. The lowest BCUT2D eigenvalue weighted by molar-refractivity contribution is 0.177. The first-order valence-electron chi connectivity index (χ1n) is 9.18. The van der Waals surface area contributed by atoms with Gasteiger partial charge in [-0.15, -0.1) is 12.8 Å². The highest BCUT2D eigenvalue weighted by Crippen LogP contribution is 2.17. The number of alkyl carbamates (subject to hydrolysis) is 1. The Bertz CT molecular complexity index is 1170. The number of carbonyl (C=O) groups excluding carboxylic acids is 1. The Morgan fingerprint density at radius 2 is 1.59 bits per heavy atom. The summed E-state index contributed by atoms with van der Waals surface area (Å²) in [4.78, 5) is 15.2. The van der Waals surface area contributed by atoms with E-state index in [1.165, 1.54) is 0 Å². The maximum absolute atomic E-state index is 11.9. The van der Waals surface area contributed by atoms with Crippen molar-refractivity contribution in [1.82, 2.24) is 10.3 Å². The highest BCUT2D eigenvalue weighted by molar-refractivity contribution is 5.70. The van der Waals surface area contributed by atoms with Gasteiger partial charge in [-0.2, -0.15) is 5.26 Å². The number of pyridine rings is 1. The van der Waals surface area contributed by atoms with Crippen molar-refractivity contribution in [2.45, 2.75) is 6.04 Å². The molecule has 1 amide bonds. The molecule has 32 heavy (non-hydrogen) atoms. The van der Waals surface area contributed by atoms with Crippen LogP contribution in [-0.4, -0.2) is 17.7 Å². The van der Waals surface area contributed by atoms with Crippen LogP contribution in [0.3, 0.4) is 0 Å². The standard InChI is InChI=1S/C17H11N3O2.C6H4F2.C2H2/c18-8-13-3-1-2-12(6-13)4-5-14-7-15(10-19-9-14)16-11-22-17(21)20-16;7-5-1-2-6(8)4-3-5;1-2/h1-3,6-7,9-10,16H,11H2,(H,20,21);1-4H;1-2H/t16-;;/m0../s1. The molecule has 1 aromatic heterocycles. The minimum atomic E-state index is -0.421. The summed E-state index contributed by atoms with van der Waals surface area (Å²) in [5.41, 5.74) is 2.93. The Labute approximate surface area is 184 Å². The van der Waals surface area contributed by atoms with Gasteiger partial charge in [-0.3, -0.25) is 4.98 Å². The average Bonchev–Trinajstić information content (AvgIpc) is 3.28. The number of amides is 1. The zero-order valence-corrected chi connectivity index (χ0v) is 16.8. The van der Waals surface area contributed by atoms with Crippen molar-refractivity contribution in [3.8, 4) is 30.8 Å². The summed E-state index contributed by atoms with van der Waals surface area (Å²) in [6.45, 7) is 0.293. The smallest absolute Gasteiger partial charge is 0.407 e. The number of nitrogens with zero attached hydrogens (tertiary/aromatic N) is 2. The number of halogens is 2. The molecule has 1 N–H and O–H groups in total. The maximum atomic E-state index is 11.9. The second-order valence-corrected chi connectivity index (χ2v) is 6.18. The molecular formula is C25H17F2N3O2. The van der Waals surface area contributed by atoms with Crippen LogP contribution < -0.4 is 5.32 Å². The van der Waals surface area contributed by atoms with E-state index < -0.39 is 17.7 Å². The van der Waals surface area contributed by atoms with E-state index in [9.17, 15) is 13.6 Å². The van der Waals surface area contributed by atoms with E-state index in [1.54, 1.807) is 30.6 Å². The number of hydrogen-bond donors (Lipinski definition) is 1. The molecule has 5 nitrogen and oxygen atoms in total. The van der Waals surface area contributed by atoms with Gasteiger partial charge in [-0.1, -0.05) is 17.9 Å². The molecule has 1 saturated heterocycles. The van der Waals surface area contributed by atoms with E-state index in [-0.39, 0.29) is 6.04 Å². The number of ether oxygens (including phenoxy) is 1. The molecular weight excluding hydrogens is 412 g/mol. The zero-order chi connectivity index (χ0) is 23.3. The Balaban J connectivity index is 0.000000304. The molecule has 0 bridgehead atoms. The monoisotopic (exact) mass is 429 g/mol. The number of hydrogen-bond acceptors (Lipinski definition) is 4. The molecule has 1 aliphatic rings. The highest BCUT2D eigenvalue weighted by Gasteiger charge is 2.23. The van der Waals surface area contributed by atoms with Crippen molar-refractivity contribution < 1.29 is 18.3 Å². The minimum Gasteiger partial charge on any atom is -0.447 e. The van der Waals surface area contributed by atoms with Crippen molar-refractivity contribution in [3.05, 3.63) is 101 Å². The Kier molecular flexibility index (Phi) is 8.94. The van der Waals surface area contributed by atoms with Crippen molar-refractivity contribution in [1.29, 1.82) is 5.26 Å². The summed E-state index contributed by atoms with van der Waals surface area (Å²) in [5.74, 6) is 5.19. The number of benzene rings is 2. The van der Waals surface area contributed by atoms with E-state index in [4.69, 9.17) is 10.00 Å². The second-order valence-electron chi connectivity index (χ2n) is 6.18. The van der Waals surface area contributed by atoms with Crippen LogP contribution >= 0.6 is 0 Å².